The molecule has 4 nitrogen and oxygen atoms in total. The van der Waals surface area contributed by atoms with Gasteiger partial charge in [0.15, 0.2) is 0 Å². The van der Waals surface area contributed by atoms with Crippen LogP contribution in [0.5, 0.6) is 0 Å². The number of hydrogen-bond donors (Lipinski definition) is 2. The normalized spacial score (nSPS) is 10.8. The predicted octanol–water partition coefficient (Wildman–Crippen LogP) is 2.40. The molecule has 2 rings (SSSR count). The number of nitrogens with one attached hydrogen (secondary N) is 2. The van der Waals surface area contributed by atoms with E-state index in [1.54, 1.807) is 11.3 Å². The Morgan fingerprint density at radius 2 is 1.85 bits per heavy atom. The van der Waals surface area contributed by atoms with Crippen LogP contribution in [0.2, 0.25) is 0 Å². The van der Waals surface area contributed by atoms with Gasteiger partial charge in [-0.2, -0.15) is 0 Å². The van der Waals surface area contributed by atoms with Gasteiger partial charge in [0.1, 0.15) is 0 Å². The van der Waals surface area contributed by atoms with Gasteiger partial charge in [0.2, 0.25) is 5.91 Å². The van der Waals surface area contributed by atoms with Crippen molar-refractivity contribution in [1.29, 1.82) is 0 Å². The fourth-order valence-electron chi connectivity index (χ4n) is 1.81. The van der Waals surface area contributed by atoms with Crippen molar-refractivity contribution in [1.82, 2.24) is 10.6 Å². The van der Waals surface area contributed by atoms with E-state index in [4.69, 9.17) is 0 Å². The lowest BCUT2D eigenvalue weighted by Crippen LogP contribution is -2.36. The maximum absolute atomic E-state index is 12.1. The van der Waals surface area contributed by atoms with Gasteiger partial charge in [-0.3, -0.25) is 9.59 Å². The summed E-state index contributed by atoms with van der Waals surface area (Å²) >= 11 is 1.56. The topological polar surface area (TPSA) is 58.2 Å². The van der Waals surface area contributed by atoms with Gasteiger partial charge in [0.25, 0.3) is 5.91 Å². The summed E-state index contributed by atoms with van der Waals surface area (Å²) < 4.78 is 1.10. The van der Waals surface area contributed by atoms with Crippen molar-refractivity contribution < 1.29 is 9.59 Å². The summed E-state index contributed by atoms with van der Waals surface area (Å²) in [5, 5.41) is 8.43. The first-order valence-electron chi connectivity index (χ1n) is 6.61. The first-order chi connectivity index (χ1) is 9.59. The zero-order valence-electron chi connectivity index (χ0n) is 11.6. The molecule has 2 aromatic rings. The van der Waals surface area contributed by atoms with E-state index in [2.05, 4.69) is 10.6 Å². The van der Waals surface area contributed by atoms with Crippen LogP contribution < -0.4 is 10.6 Å². The van der Waals surface area contributed by atoms with Crippen LogP contribution in [0.15, 0.2) is 29.6 Å². The van der Waals surface area contributed by atoms with Gasteiger partial charge in [0, 0.05) is 34.5 Å². The maximum Gasteiger partial charge on any atom is 0.252 e. The van der Waals surface area contributed by atoms with Gasteiger partial charge in [-0.1, -0.05) is 32.0 Å². The first-order valence-corrected chi connectivity index (χ1v) is 7.49. The minimum absolute atomic E-state index is 0.000215. The molecule has 1 aromatic carbocycles. The Hall–Kier alpha value is -1.88. The lowest BCUT2D eigenvalue weighted by atomic mass is 10.1. The summed E-state index contributed by atoms with van der Waals surface area (Å²) in [5.41, 5.74) is 0.695. The van der Waals surface area contributed by atoms with Crippen LogP contribution in [0.3, 0.4) is 0 Å². The van der Waals surface area contributed by atoms with Crippen LogP contribution in [-0.2, 0) is 4.79 Å². The Kier molecular flexibility index (Phi) is 4.74. The number of fused-ring (bicyclic) bond motifs is 1. The predicted molar refractivity (Wildman–Crippen MR) is 82.0 cm³/mol. The van der Waals surface area contributed by atoms with Crippen molar-refractivity contribution in [3.63, 3.8) is 0 Å². The summed E-state index contributed by atoms with van der Waals surface area (Å²) in [5.74, 6) is -0.131. The van der Waals surface area contributed by atoms with Gasteiger partial charge in [0.05, 0.1) is 5.56 Å². The van der Waals surface area contributed by atoms with Crippen molar-refractivity contribution >= 4 is 33.2 Å². The third-order valence-electron chi connectivity index (χ3n) is 2.96. The monoisotopic (exact) mass is 290 g/mol. The Labute approximate surface area is 122 Å². The molecule has 0 radical (unpaired) electrons. The summed E-state index contributed by atoms with van der Waals surface area (Å²) in [6.07, 6.45) is 0. The van der Waals surface area contributed by atoms with E-state index < -0.39 is 0 Å². The number of carbonyl (C=O) groups excluding carboxylic acids is 2. The largest absolute Gasteiger partial charge is 0.354 e. The minimum Gasteiger partial charge on any atom is -0.354 e. The number of thiophene rings is 1. The molecule has 0 fully saturated rings. The van der Waals surface area contributed by atoms with Gasteiger partial charge in [-0.25, -0.2) is 0 Å². The molecule has 0 saturated carbocycles. The molecular formula is C15H18N2O2S. The van der Waals surface area contributed by atoms with Crippen LogP contribution in [0.1, 0.15) is 24.2 Å². The standard InChI is InChI=1S/C15H18N2O2S/c1-10(2)14(18)16-7-8-17-15(19)12-9-20-13-6-4-3-5-11(12)13/h3-6,9-10H,7-8H2,1-2H3,(H,16,18)(H,17,19). The number of benzene rings is 1. The second-order valence-corrected chi connectivity index (χ2v) is 5.76. The van der Waals surface area contributed by atoms with Crippen molar-refractivity contribution in [2.75, 3.05) is 13.1 Å². The molecule has 2 amide bonds. The van der Waals surface area contributed by atoms with Crippen LogP contribution in [0.25, 0.3) is 10.1 Å². The fourth-order valence-corrected chi connectivity index (χ4v) is 2.76. The number of rotatable bonds is 5. The Morgan fingerprint density at radius 3 is 2.60 bits per heavy atom. The molecule has 1 aromatic heterocycles. The molecule has 0 bridgehead atoms. The number of amides is 2. The molecule has 0 spiro atoms. The highest BCUT2D eigenvalue weighted by atomic mass is 32.1. The van der Waals surface area contributed by atoms with Crippen LogP contribution >= 0.6 is 11.3 Å². The smallest absolute Gasteiger partial charge is 0.252 e. The molecule has 0 saturated heterocycles. The van der Waals surface area contributed by atoms with Crippen LogP contribution in [0, 0.1) is 5.92 Å². The quantitative estimate of drug-likeness (QED) is 0.831. The molecule has 0 aliphatic rings. The zero-order chi connectivity index (χ0) is 14.5. The molecule has 20 heavy (non-hydrogen) atoms. The highest BCUT2D eigenvalue weighted by Crippen LogP contribution is 2.25. The third kappa shape index (κ3) is 3.36. The summed E-state index contributed by atoms with van der Waals surface area (Å²) in [7, 11) is 0. The van der Waals surface area contributed by atoms with E-state index in [0.717, 1.165) is 10.1 Å². The van der Waals surface area contributed by atoms with E-state index in [0.29, 0.717) is 18.7 Å². The molecule has 5 heteroatoms. The van der Waals surface area contributed by atoms with Gasteiger partial charge < -0.3 is 10.6 Å². The fraction of sp³-hybridized carbons (Fsp3) is 0.333. The van der Waals surface area contributed by atoms with Crippen LogP contribution in [0.4, 0.5) is 0 Å². The molecule has 0 atom stereocenters. The highest BCUT2D eigenvalue weighted by Gasteiger charge is 2.11. The number of hydrogen-bond acceptors (Lipinski definition) is 3. The van der Waals surface area contributed by atoms with Gasteiger partial charge >= 0.3 is 0 Å². The summed E-state index contributed by atoms with van der Waals surface area (Å²) in [6.45, 7) is 4.56. The van der Waals surface area contributed by atoms with E-state index in [9.17, 15) is 9.59 Å². The first kappa shape index (κ1) is 14.5. The van der Waals surface area contributed by atoms with Crippen molar-refractivity contribution in [3.05, 3.63) is 35.2 Å². The van der Waals surface area contributed by atoms with Crippen molar-refractivity contribution in [2.45, 2.75) is 13.8 Å². The second kappa shape index (κ2) is 6.52. The summed E-state index contributed by atoms with van der Waals surface area (Å²) in [6, 6.07) is 7.83. The van der Waals surface area contributed by atoms with Gasteiger partial charge in [-0.15, -0.1) is 11.3 Å². The summed E-state index contributed by atoms with van der Waals surface area (Å²) in [4.78, 5) is 23.4. The van der Waals surface area contributed by atoms with E-state index in [1.165, 1.54) is 0 Å². The Morgan fingerprint density at radius 1 is 1.15 bits per heavy atom. The molecule has 0 aliphatic heterocycles. The van der Waals surface area contributed by atoms with E-state index in [-0.39, 0.29) is 17.7 Å². The van der Waals surface area contributed by atoms with E-state index in [1.807, 2.05) is 43.5 Å². The lowest BCUT2D eigenvalue weighted by Gasteiger charge is -2.08. The molecule has 1 heterocycles. The Balaban J connectivity index is 1.88. The number of carbonyl (C=O) groups is 2. The SMILES string of the molecule is CC(C)C(=O)NCCNC(=O)c1csc2ccccc12. The molecule has 0 aliphatic carbocycles. The lowest BCUT2D eigenvalue weighted by molar-refractivity contribution is -0.123. The second-order valence-electron chi connectivity index (χ2n) is 4.85. The average Bonchev–Trinajstić information content (AvgIpc) is 2.87. The van der Waals surface area contributed by atoms with Crippen molar-refractivity contribution in [2.24, 2.45) is 5.92 Å². The highest BCUT2D eigenvalue weighted by molar-refractivity contribution is 7.17. The Bertz CT molecular complexity index is 619. The molecule has 106 valence electrons. The average molecular weight is 290 g/mol. The minimum atomic E-state index is -0.0961. The van der Waals surface area contributed by atoms with Crippen molar-refractivity contribution in [3.8, 4) is 0 Å². The molecule has 0 unspecified atom stereocenters. The molecular weight excluding hydrogens is 272 g/mol. The van der Waals surface area contributed by atoms with E-state index >= 15 is 0 Å². The molecule has 2 N–H and O–H groups in total. The van der Waals surface area contributed by atoms with Gasteiger partial charge in [-0.05, 0) is 6.07 Å². The maximum atomic E-state index is 12.1. The third-order valence-corrected chi connectivity index (χ3v) is 3.92. The van der Waals surface area contributed by atoms with Crippen LogP contribution in [-0.4, -0.2) is 24.9 Å². The zero-order valence-corrected chi connectivity index (χ0v) is 12.4.